The molecule has 0 saturated heterocycles. The van der Waals surface area contributed by atoms with Crippen LogP contribution in [0.25, 0.3) is 0 Å². The Labute approximate surface area is 262 Å². The van der Waals surface area contributed by atoms with Gasteiger partial charge in [0, 0.05) is 6.42 Å². The molecule has 0 spiro atoms. The number of carbonyl (C=O) groups excluding carboxylic acids is 2. The summed E-state index contributed by atoms with van der Waals surface area (Å²) in [7, 11) is 0. The van der Waals surface area contributed by atoms with E-state index in [9.17, 15) is 9.59 Å². The van der Waals surface area contributed by atoms with Crippen LogP contribution in [0.2, 0.25) is 0 Å². The van der Waals surface area contributed by atoms with Gasteiger partial charge in [-0.1, -0.05) is 65.5 Å². The molecule has 3 fully saturated rings. The van der Waals surface area contributed by atoms with Gasteiger partial charge in [0.25, 0.3) is 0 Å². The molecule has 0 aromatic heterocycles. The van der Waals surface area contributed by atoms with Gasteiger partial charge >= 0.3 is 11.9 Å². The fraction of sp³-hybridized carbons (Fsp3) is 0.892. The van der Waals surface area contributed by atoms with Gasteiger partial charge in [-0.2, -0.15) is 0 Å². The second-order valence-electron chi connectivity index (χ2n) is 15.8. The first kappa shape index (κ1) is 34.5. The Bertz CT molecular complexity index is 974. The fourth-order valence-corrected chi connectivity index (χ4v) is 9.87. The van der Waals surface area contributed by atoms with Gasteiger partial charge in [0.05, 0.1) is 32.2 Å². The lowest BCUT2D eigenvalue weighted by atomic mass is 9.47. The smallest absolute Gasteiger partial charge is 0.306 e. The third kappa shape index (κ3) is 8.07. The maximum atomic E-state index is 12.7. The number of ether oxygens (including phenoxy) is 3. The lowest BCUT2D eigenvalue weighted by Gasteiger charge is -2.58. The summed E-state index contributed by atoms with van der Waals surface area (Å²) in [5, 5.41) is 9.05. The minimum absolute atomic E-state index is 0.00705. The van der Waals surface area contributed by atoms with Gasteiger partial charge in [0.15, 0.2) is 0 Å². The molecule has 0 bridgehead atoms. The molecule has 0 radical (unpaired) electrons. The molecule has 4 aliphatic carbocycles. The second-order valence-corrected chi connectivity index (χ2v) is 15.8. The van der Waals surface area contributed by atoms with E-state index in [2.05, 4.69) is 40.7 Å². The average molecular weight is 603 g/mol. The van der Waals surface area contributed by atoms with E-state index in [1.165, 1.54) is 56.9 Å². The van der Waals surface area contributed by atoms with Crippen LogP contribution in [0.4, 0.5) is 0 Å². The first-order chi connectivity index (χ1) is 20.4. The van der Waals surface area contributed by atoms with Crippen molar-refractivity contribution in [1.29, 1.82) is 0 Å². The predicted octanol–water partition coefficient (Wildman–Crippen LogP) is 8.05. The Balaban J connectivity index is 1.27. The van der Waals surface area contributed by atoms with Crippen LogP contribution in [0.3, 0.4) is 0 Å². The van der Waals surface area contributed by atoms with Gasteiger partial charge < -0.3 is 19.3 Å². The van der Waals surface area contributed by atoms with E-state index in [0.717, 1.165) is 54.8 Å². The van der Waals surface area contributed by atoms with Gasteiger partial charge in [-0.25, -0.2) is 0 Å². The van der Waals surface area contributed by atoms with Crippen molar-refractivity contribution in [1.82, 2.24) is 0 Å². The first-order valence-electron chi connectivity index (χ1n) is 17.7. The van der Waals surface area contributed by atoms with Crippen molar-refractivity contribution in [2.24, 2.45) is 46.3 Å². The molecule has 4 aliphatic rings. The van der Waals surface area contributed by atoms with Crippen LogP contribution in [-0.2, 0) is 23.8 Å². The summed E-state index contributed by atoms with van der Waals surface area (Å²) >= 11 is 0. The zero-order chi connectivity index (χ0) is 31.4. The Hall–Kier alpha value is -1.40. The fourth-order valence-electron chi connectivity index (χ4n) is 9.87. The summed E-state index contributed by atoms with van der Waals surface area (Å²) in [6, 6.07) is 0. The largest absolute Gasteiger partial charge is 0.462 e. The zero-order valence-electron chi connectivity index (χ0n) is 28.4. The maximum absolute atomic E-state index is 12.7. The Kier molecular flexibility index (Phi) is 11.9. The molecule has 0 aromatic rings. The number of rotatable bonds is 14. The van der Waals surface area contributed by atoms with Gasteiger partial charge in [-0.15, -0.1) is 0 Å². The Morgan fingerprint density at radius 1 is 0.930 bits per heavy atom. The molecular weight excluding hydrogens is 540 g/mol. The van der Waals surface area contributed by atoms with E-state index in [1.807, 2.05) is 0 Å². The Morgan fingerprint density at radius 3 is 2.40 bits per heavy atom. The number of allylic oxidation sites excluding steroid dienone is 1. The van der Waals surface area contributed by atoms with E-state index in [0.29, 0.717) is 5.41 Å². The van der Waals surface area contributed by atoms with Gasteiger partial charge in [0.1, 0.15) is 12.2 Å². The van der Waals surface area contributed by atoms with Crippen molar-refractivity contribution in [2.45, 2.75) is 150 Å². The molecule has 10 atom stereocenters. The second kappa shape index (κ2) is 14.8. The van der Waals surface area contributed by atoms with Crippen molar-refractivity contribution in [3.05, 3.63) is 11.6 Å². The molecule has 6 nitrogen and oxygen atoms in total. The summed E-state index contributed by atoms with van der Waals surface area (Å²) in [5.74, 6) is 4.17. The van der Waals surface area contributed by atoms with Crippen LogP contribution < -0.4 is 0 Å². The highest BCUT2D eigenvalue weighted by Crippen LogP contribution is 2.67. The van der Waals surface area contributed by atoms with E-state index in [1.54, 1.807) is 13.8 Å². The molecule has 0 amide bonds. The number of hydrogen-bond acceptors (Lipinski definition) is 6. The third-order valence-electron chi connectivity index (χ3n) is 12.3. The van der Waals surface area contributed by atoms with E-state index in [4.69, 9.17) is 19.3 Å². The van der Waals surface area contributed by atoms with Crippen LogP contribution in [0.15, 0.2) is 11.6 Å². The normalized spacial score (nSPS) is 35.7. The molecular formula is C37H62O6. The highest BCUT2D eigenvalue weighted by atomic mass is 16.6. The van der Waals surface area contributed by atoms with Crippen molar-refractivity contribution in [2.75, 3.05) is 13.2 Å². The highest BCUT2D eigenvalue weighted by Gasteiger charge is 2.59. The molecule has 0 aromatic carbocycles. The van der Waals surface area contributed by atoms with Crippen LogP contribution >= 0.6 is 0 Å². The molecule has 4 rings (SSSR count). The quantitative estimate of drug-likeness (QED) is 0.160. The van der Waals surface area contributed by atoms with Crippen LogP contribution in [0.5, 0.6) is 0 Å². The standard InChI is InChI=1S/C37H62O6/c1-24(2)9-8-10-25(3)31-13-14-32-30-12-11-28-21-29(17-19-36(28,6)33(30)18-20-37(31,32)7)43-35(40)16-15-34(39)42-27(5)23-41-26(4)22-38/h11,24-27,29-33,38H,8-10,12-23H2,1-7H3/t25?,26?,27?,29-,30?,31+,32?,33?,36-,37+/m0/s1. The van der Waals surface area contributed by atoms with Crippen LogP contribution in [-0.4, -0.2) is 48.6 Å². The Morgan fingerprint density at radius 2 is 1.67 bits per heavy atom. The number of carbonyl (C=O) groups is 2. The number of fused-ring (bicyclic) bond motifs is 5. The first-order valence-corrected chi connectivity index (χ1v) is 17.7. The number of aliphatic hydroxyl groups excluding tert-OH is 1. The van der Waals surface area contributed by atoms with Crippen LogP contribution in [0.1, 0.15) is 132 Å². The molecule has 6 heteroatoms. The monoisotopic (exact) mass is 602 g/mol. The van der Waals surface area contributed by atoms with E-state index < -0.39 is 12.1 Å². The zero-order valence-corrected chi connectivity index (χ0v) is 28.4. The minimum Gasteiger partial charge on any atom is -0.462 e. The summed E-state index contributed by atoms with van der Waals surface area (Å²) < 4.78 is 16.6. The van der Waals surface area contributed by atoms with E-state index in [-0.39, 0.29) is 49.6 Å². The van der Waals surface area contributed by atoms with Crippen molar-refractivity contribution >= 4 is 11.9 Å². The van der Waals surface area contributed by atoms with Gasteiger partial charge in [0.2, 0.25) is 0 Å². The molecule has 0 heterocycles. The lowest BCUT2D eigenvalue weighted by Crippen LogP contribution is -2.51. The summed E-state index contributed by atoms with van der Waals surface area (Å²) in [4.78, 5) is 24.9. The average Bonchev–Trinajstić information content (AvgIpc) is 3.32. The maximum Gasteiger partial charge on any atom is 0.306 e. The van der Waals surface area contributed by atoms with Crippen LogP contribution in [0, 0.1) is 46.3 Å². The summed E-state index contributed by atoms with van der Waals surface area (Å²) in [6.07, 6.45) is 15.5. The number of aliphatic hydroxyl groups is 1. The third-order valence-corrected chi connectivity index (χ3v) is 12.3. The van der Waals surface area contributed by atoms with Crippen molar-refractivity contribution in [3.63, 3.8) is 0 Å². The minimum atomic E-state index is -0.429. The molecule has 3 saturated carbocycles. The van der Waals surface area contributed by atoms with Gasteiger partial charge in [-0.05, 0) is 105 Å². The highest BCUT2D eigenvalue weighted by molar-refractivity contribution is 5.77. The summed E-state index contributed by atoms with van der Waals surface area (Å²) in [5.41, 5.74) is 2.24. The van der Waals surface area contributed by atoms with Crippen molar-refractivity contribution in [3.8, 4) is 0 Å². The predicted molar refractivity (Wildman–Crippen MR) is 170 cm³/mol. The van der Waals surface area contributed by atoms with Gasteiger partial charge in [-0.3, -0.25) is 9.59 Å². The lowest BCUT2D eigenvalue weighted by molar-refractivity contribution is -0.158. The van der Waals surface area contributed by atoms with E-state index >= 15 is 0 Å². The molecule has 1 N–H and O–H groups in total. The molecule has 43 heavy (non-hydrogen) atoms. The number of esters is 2. The molecule has 6 unspecified atom stereocenters. The summed E-state index contributed by atoms with van der Waals surface area (Å²) in [6.45, 7) is 16.1. The van der Waals surface area contributed by atoms with Crippen molar-refractivity contribution < 1.29 is 28.9 Å². The molecule has 246 valence electrons. The molecule has 0 aliphatic heterocycles. The topological polar surface area (TPSA) is 82.1 Å². The number of hydrogen-bond donors (Lipinski definition) is 1. The SMILES string of the molecule is CC(C)CCCC(C)[C@H]1CCC2C3CC=C4C[C@@H](OC(=O)CCC(=O)OC(C)COC(C)CO)CC[C@]4(C)C3CC[C@@]21C.